The minimum Gasteiger partial charge on any atom is -0.223 e. The van der Waals surface area contributed by atoms with Crippen LogP contribution >= 0.6 is 0 Å². The summed E-state index contributed by atoms with van der Waals surface area (Å²) in [6.07, 6.45) is 1.31. The van der Waals surface area contributed by atoms with Crippen molar-refractivity contribution in [2.45, 2.75) is 4.90 Å². The van der Waals surface area contributed by atoms with Crippen molar-refractivity contribution in [2.24, 2.45) is 0 Å². The molecule has 0 spiro atoms. The standard InChI is InChI=1S/C10H9NO2S/c1-2-7-14(12,13)10-6-4-3-5-9(10)8-11/h2-6H,1,7H2. The number of rotatable bonds is 3. The molecule has 0 aliphatic heterocycles. The van der Waals surface area contributed by atoms with Crippen LogP contribution in [0.4, 0.5) is 0 Å². The van der Waals surface area contributed by atoms with Gasteiger partial charge in [0.2, 0.25) is 0 Å². The zero-order valence-electron chi connectivity index (χ0n) is 7.47. The quantitative estimate of drug-likeness (QED) is 0.706. The van der Waals surface area contributed by atoms with E-state index >= 15 is 0 Å². The highest BCUT2D eigenvalue weighted by Crippen LogP contribution is 2.15. The monoisotopic (exact) mass is 207 g/mol. The molecule has 0 fully saturated rings. The molecule has 0 saturated heterocycles. The molecular weight excluding hydrogens is 198 g/mol. The summed E-state index contributed by atoms with van der Waals surface area (Å²) in [5, 5.41) is 8.71. The molecule has 14 heavy (non-hydrogen) atoms. The highest BCUT2D eigenvalue weighted by atomic mass is 32.2. The third kappa shape index (κ3) is 2.01. The first-order valence-electron chi connectivity index (χ1n) is 3.94. The van der Waals surface area contributed by atoms with Gasteiger partial charge >= 0.3 is 0 Å². The summed E-state index contributed by atoms with van der Waals surface area (Å²) in [6.45, 7) is 3.36. The Balaban J connectivity index is 3.34. The number of nitriles is 1. The summed E-state index contributed by atoms with van der Waals surface area (Å²) in [7, 11) is -3.39. The molecule has 0 heterocycles. The lowest BCUT2D eigenvalue weighted by atomic mass is 10.2. The van der Waals surface area contributed by atoms with Crippen molar-refractivity contribution in [3.8, 4) is 6.07 Å². The predicted molar refractivity (Wildman–Crippen MR) is 53.4 cm³/mol. The number of benzene rings is 1. The van der Waals surface area contributed by atoms with Crippen molar-refractivity contribution in [2.75, 3.05) is 5.75 Å². The molecule has 0 aliphatic rings. The normalized spacial score (nSPS) is 10.5. The minimum absolute atomic E-state index is 0.0717. The zero-order valence-corrected chi connectivity index (χ0v) is 8.29. The second-order valence-electron chi connectivity index (χ2n) is 2.68. The van der Waals surface area contributed by atoms with Crippen LogP contribution in [0.25, 0.3) is 0 Å². The summed E-state index contributed by atoms with van der Waals surface area (Å²) in [6, 6.07) is 7.98. The maximum atomic E-state index is 11.6. The molecule has 0 unspecified atom stereocenters. The lowest BCUT2D eigenvalue weighted by molar-refractivity contribution is 0.599. The molecule has 0 bridgehead atoms. The van der Waals surface area contributed by atoms with Crippen molar-refractivity contribution >= 4 is 9.84 Å². The Bertz CT molecular complexity index is 483. The molecule has 0 radical (unpaired) electrons. The van der Waals surface area contributed by atoms with Gasteiger partial charge in [-0.2, -0.15) is 5.26 Å². The van der Waals surface area contributed by atoms with Crippen LogP contribution in [-0.4, -0.2) is 14.2 Å². The van der Waals surface area contributed by atoms with E-state index in [1.54, 1.807) is 12.1 Å². The molecule has 0 N–H and O–H groups in total. The van der Waals surface area contributed by atoms with Gasteiger partial charge in [-0.3, -0.25) is 0 Å². The van der Waals surface area contributed by atoms with Crippen LogP contribution in [0.3, 0.4) is 0 Å². The molecule has 0 amide bonds. The van der Waals surface area contributed by atoms with E-state index in [1.807, 2.05) is 6.07 Å². The van der Waals surface area contributed by atoms with Gasteiger partial charge < -0.3 is 0 Å². The second-order valence-corrected chi connectivity index (χ2v) is 4.68. The predicted octanol–water partition coefficient (Wildman–Crippen LogP) is 1.52. The molecule has 1 aromatic carbocycles. The Labute approximate surface area is 83.2 Å². The molecule has 0 aliphatic carbocycles. The van der Waals surface area contributed by atoms with Crippen LogP contribution in [0.1, 0.15) is 5.56 Å². The highest BCUT2D eigenvalue weighted by molar-refractivity contribution is 7.91. The minimum atomic E-state index is -3.39. The average Bonchev–Trinajstić information content (AvgIpc) is 2.18. The smallest absolute Gasteiger partial charge is 0.183 e. The van der Waals surface area contributed by atoms with E-state index in [0.29, 0.717) is 0 Å². The van der Waals surface area contributed by atoms with E-state index in [-0.39, 0.29) is 16.2 Å². The molecule has 0 saturated carbocycles. The fraction of sp³-hybridized carbons (Fsp3) is 0.100. The van der Waals surface area contributed by atoms with Gasteiger partial charge in [-0.1, -0.05) is 18.2 Å². The third-order valence-electron chi connectivity index (χ3n) is 1.68. The van der Waals surface area contributed by atoms with Crippen molar-refractivity contribution in [3.05, 3.63) is 42.5 Å². The Morgan fingerprint density at radius 2 is 2.07 bits per heavy atom. The van der Waals surface area contributed by atoms with Gasteiger partial charge in [-0.25, -0.2) is 8.42 Å². The van der Waals surface area contributed by atoms with E-state index in [0.717, 1.165) is 0 Å². The Hall–Kier alpha value is -1.60. The third-order valence-corrected chi connectivity index (χ3v) is 3.38. The first-order valence-corrected chi connectivity index (χ1v) is 5.60. The van der Waals surface area contributed by atoms with Crippen LogP contribution < -0.4 is 0 Å². The molecule has 0 aromatic heterocycles. The largest absolute Gasteiger partial charge is 0.223 e. The molecule has 0 atom stereocenters. The lowest BCUT2D eigenvalue weighted by Gasteiger charge is -2.02. The lowest BCUT2D eigenvalue weighted by Crippen LogP contribution is -2.06. The fourth-order valence-corrected chi connectivity index (χ4v) is 2.30. The van der Waals surface area contributed by atoms with Gasteiger partial charge in [0.25, 0.3) is 0 Å². The van der Waals surface area contributed by atoms with Crippen LogP contribution in [0.2, 0.25) is 0 Å². The molecule has 1 rings (SSSR count). The maximum absolute atomic E-state index is 11.6. The second kappa shape index (κ2) is 4.07. The van der Waals surface area contributed by atoms with Gasteiger partial charge in [0.1, 0.15) is 6.07 Å². The van der Waals surface area contributed by atoms with Gasteiger partial charge in [0.05, 0.1) is 16.2 Å². The van der Waals surface area contributed by atoms with Crippen molar-refractivity contribution in [1.82, 2.24) is 0 Å². The summed E-state index contributed by atoms with van der Waals surface area (Å²) >= 11 is 0. The number of nitrogens with zero attached hydrogens (tertiary/aromatic N) is 1. The topological polar surface area (TPSA) is 57.9 Å². The number of sulfone groups is 1. The van der Waals surface area contributed by atoms with E-state index in [1.165, 1.54) is 18.2 Å². The van der Waals surface area contributed by atoms with Crippen molar-refractivity contribution < 1.29 is 8.42 Å². The molecule has 72 valence electrons. The highest BCUT2D eigenvalue weighted by Gasteiger charge is 2.15. The van der Waals surface area contributed by atoms with E-state index in [2.05, 4.69) is 6.58 Å². The number of hydrogen-bond donors (Lipinski definition) is 0. The molecule has 4 heteroatoms. The fourth-order valence-electron chi connectivity index (χ4n) is 1.08. The molecular formula is C10H9NO2S. The first-order chi connectivity index (χ1) is 6.61. The van der Waals surface area contributed by atoms with Gasteiger partial charge in [-0.05, 0) is 12.1 Å². The summed E-state index contributed by atoms with van der Waals surface area (Å²) < 4.78 is 23.2. The van der Waals surface area contributed by atoms with Crippen LogP contribution in [0.15, 0.2) is 41.8 Å². The van der Waals surface area contributed by atoms with E-state index < -0.39 is 9.84 Å². The van der Waals surface area contributed by atoms with E-state index in [4.69, 9.17) is 5.26 Å². The van der Waals surface area contributed by atoms with Gasteiger partial charge in [0.15, 0.2) is 9.84 Å². The Kier molecular flexibility index (Phi) is 3.05. The Morgan fingerprint density at radius 3 is 2.64 bits per heavy atom. The van der Waals surface area contributed by atoms with Crippen LogP contribution in [-0.2, 0) is 9.84 Å². The van der Waals surface area contributed by atoms with Crippen LogP contribution in [0, 0.1) is 11.3 Å². The van der Waals surface area contributed by atoms with Gasteiger partial charge in [0, 0.05) is 0 Å². The summed E-state index contributed by atoms with van der Waals surface area (Å²) in [4.78, 5) is 0.0717. The molecule has 1 aromatic rings. The van der Waals surface area contributed by atoms with Crippen molar-refractivity contribution in [1.29, 1.82) is 5.26 Å². The average molecular weight is 207 g/mol. The van der Waals surface area contributed by atoms with Crippen LogP contribution in [0.5, 0.6) is 0 Å². The van der Waals surface area contributed by atoms with E-state index in [9.17, 15) is 8.42 Å². The number of hydrogen-bond acceptors (Lipinski definition) is 3. The molecule has 3 nitrogen and oxygen atoms in total. The maximum Gasteiger partial charge on any atom is 0.183 e. The van der Waals surface area contributed by atoms with Crippen molar-refractivity contribution in [3.63, 3.8) is 0 Å². The zero-order chi connectivity index (χ0) is 10.6. The first kappa shape index (κ1) is 10.5. The van der Waals surface area contributed by atoms with Gasteiger partial charge in [-0.15, -0.1) is 6.58 Å². The summed E-state index contributed by atoms with van der Waals surface area (Å²) in [5.41, 5.74) is 0.175. The Morgan fingerprint density at radius 1 is 1.43 bits per heavy atom. The SMILES string of the molecule is C=CCS(=O)(=O)c1ccccc1C#N. The summed E-state index contributed by atoms with van der Waals surface area (Å²) in [5.74, 6) is -0.147.